The molecular formula is C18H21FN2O2. The van der Waals surface area contributed by atoms with Gasteiger partial charge in [0.15, 0.2) is 0 Å². The van der Waals surface area contributed by atoms with Gasteiger partial charge in [0.25, 0.3) is 5.91 Å². The van der Waals surface area contributed by atoms with Gasteiger partial charge in [0.05, 0.1) is 6.10 Å². The fraction of sp³-hybridized carbons (Fsp3) is 0.389. The van der Waals surface area contributed by atoms with E-state index in [1.54, 1.807) is 12.1 Å². The number of aliphatic hydroxyl groups excluding tert-OH is 1. The van der Waals surface area contributed by atoms with Gasteiger partial charge in [0.1, 0.15) is 11.5 Å². The van der Waals surface area contributed by atoms with Crippen LogP contribution in [0.3, 0.4) is 0 Å². The lowest BCUT2D eigenvalue weighted by Gasteiger charge is -2.19. The molecule has 0 saturated heterocycles. The van der Waals surface area contributed by atoms with Crippen LogP contribution in [0, 0.1) is 5.82 Å². The number of carbonyl (C=O) groups is 1. The van der Waals surface area contributed by atoms with Crippen LogP contribution in [-0.4, -0.2) is 21.6 Å². The van der Waals surface area contributed by atoms with Crippen LogP contribution in [0.4, 0.5) is 4.39 Å². The number of rotatable bonds is 6. The second-order valence-electron chi connectivity index (χ2n) is 6.21. The molecule has 0 spiro atoms. The van der Waals surface area contributed by atoms with E-state index in [1.165, 1.54) is 12.1 Å². The average molecular weight is 316 g/mol. The second-order valence-corrected chi connectivity index (χ2v) is 6.21. The number of benzene rings is 1. The zero-order valence-corrected chi connectivity index (χ0v) is 13.1. The van der Waals surface area contributed by atoms with Gasteiger partial charge in [-0.3, -0.25) is 4.79 Å². The van der Waals surface area contributed by atoms with Crippen molar-refractivity contribution in [3.05, 3.63) is 59.7 Å². The van der Waals surface area contributed by atoms with E-state index < -0.39 is 6.10 Å². The third-order valence-corrected chi connectivity index (χ3v) is 4.16. The first-order chi connectivity index (χ1) is 11.0. The van der Waals surface area contributed by atoms with E-state index in [1.807, 2.05) is 29.8 Å². The summed E-state index contributed by atoms with van der Waals surface area (Å²) in [5, 5.41) is 13.1. The monoisotopic (exact) mass is 316 g/mol. The normalized spacial score (nSPS) is 16.8. The number of halogens is 1. The first-order valence-corrected chi connectivity index (χ1v) is 7.96. The molecule has 1 aromatic heterocycles. The summed E-state index contributed by atoms with van der Waals surface area (Å²) >= 11 is 0. The van der Waals surface area contributed by atoms with Crippen LogP contribution in [0.2, 0.25) is 0 Å². The largest absolute Gasteiger partial charge is 0.388 e. The molecule has 2 N–H and O–H groups in total. The summed E-state index contributed by atoms with van der Waals surface area (Å²) in [7, 11) is 0. The molecule has 2 atom stereocenters. The van der Waals surface area contributed by atoms with Gasteiger partial charge >= 0.3 is 0 Å². The van der Waals surface area contributed by atoms with Crippen molar-refractivity contribution in [3.8, 4) is 0 Å². The second kappa shape index (κ2) is 6.54. The first kappa shape index (κ1) is 15.7. The topological polar surface area (TPSA) is 54.3 Å². The quantitative estimate of drug-likeness (QED) is 0.860. The zero-order chi connectivity index (χ0) is 16.4. The summed E-state index contributed by atoms with van der Waals surface area (Å²) in [4.78, 5) is 12.4. The van der Waals surface area contributed by atoms with Gasteiger partial charge < -0.3 is 15.0 Å². The highest BCUT2D eigenvalue weighted by Gasteiger charge is 2.27. The van der Waals surface area contributed by atoms with Gasteiger partial charge in [-0.1, -0.05) is 12.1 Å². The van der Waals surface area contributed by atoms with Crippen LogP contribution >= 0.6 is 0 Å². The Morgan fingerprint density at radius 1 is 1.35 bits per heavy atom. The minimum atomic E-state index is -0.735. The summed E-state index contributed by atoms with van der Waals surface area (Å²) in [6.07, 6.45) is 3.81. The van der Waals surface area contributed by atoms with Crippen LogP contribution in [0.1, 0.15) is 54.4 Å². The molecule has 2 unspecified atom stereocenters. The lowest BCUT2D eigenvalue weighted by Crippen LogP contribution is -2.34. The van der Waals surface area contributed by atoms with E-state index >= 15 is 0 Å². The zero-order valence-electron chi connectivity index (χ0n) is 13.1. The Balaban J connectivity index is 1.58. The predicted molar refractivity (Wildman–Crippen MR) is 85.6 cm³/mol. The van der Waals surface area contributed by atoms with E-state index in [0.717, 1.165) is 12.8 Å². The minimum absolute atomic E-state index is 0.124. The van der Waals surface area contributed by atoms with Gasteiger partial charge in [-0.05, 0) is 56.0 Å². The van der Waals surface area contributed by atoms with Crippen molar-refractivity contribution >= 4 is 5.91 Å². The highest BCUT2D eigenvalue weighted by molar-refractivity contribution is 5.93. The molecule has 1 aliphatic rings. The molecule has 5 heteroatoms. The van der Waals surface area contributed by atoms with E-state index in [0.29, 0.717) is 23.7 Å². The van der Waals surface area contributed by atoms with Crippen molar-refractivity contribution in [1.82, 2.24) is 9.88 Å². The number of aliphatic hydroxyl groups is 1. The van der Waals surface area contributed by atoms with Gasteiger partial charge in [-0.15, -0.1) is 0 Å². The molecule has 4 nitrogen and oxygen atoms in total. The standard InChI is InChI=1S/C18H21FN2O2/c1-12(11-17(22)13-4-6-14(19)7-5-13)20-18(23)16-3-2-10-21(16)15-8-9-15/h2-7,10,12,15,17,22H,8-9,11H2,1H3,(H,20,23). The van der Waals surface area contributed by atoms with Crippen molar-refractivity contribution in [2.45, 2.75) is 44.4 Å². The number of nitrogens with one attached hydrogen (secondary N) is 1. The maximum Gasteiger partial charge on any atom is 0.268 e. The number of amides is 1. The van der Waals surface area contributed by atoms with Crippen LogP contribution in [0.5, 0.6) is 0 Å². The molecule has 1 aromatic carbocycles. The number of hydrogen-bond acceptors (Lipinski definition) is 2. The summed E-state index contributed by atoms with van der Waals surface area (Å²) in [5.74, 6) is -0.455. The van der Waals surface area contributed by atoms with E-state index in [9.17, 15) is 14.3 Å². The van der Waals surface area contributed by atoms with Crippen LogP contribution in [0.15, 0.2) is 42.6 Å². The molecule has 1 heterocycles. The molecule has 1 amide bonds. The number of carbonyl (C=O) groups excluding carboxylic acids is 1. The minimum Gasteiger partial charge on any atom is -0.388 e. The Morgan fingerprint density at radius 2 is 2.04 bits per heavy atom. The molecule has 2 aromatic rings. The molecule has 3 rings (SSSR count). The van der Waals surface area contributed by atoms with E-state index in [4.69, 9.17) is 0 Å². The van der Waals surface area contributed by atoms with Crippen molar-refractivity contribution in [2.24, 2.45) is 0 Å². The Bertz CT molecular complexity index is 677. The maximum atomic E-state index is 12.9. The Labute approximate surface area is 134 Å². The molecule has 1 aliphatic carbocycles. The summed E-state index contributed by atoms with van der Waals surface area (Å²) in [6, 6.07) is 9.73. The van der Waals surface area contributed by atoms with E-state index in [2.05, 4.69) is 5.32 Å². The molecule has 0 bridgehead atoms. The molecule has 1 fully saturated rings. The van der Waals surface area contributed by atoms with Crippen LogP contribution in [0.25, 0.3) is 0 Å². The Morgan fingerprint density at radius 3 is 2.70 bits per heavy atom. The summed E-state index contributed by atoms with van der Waals surface area (Å²) < 4.78 is 14.9. The average Bonchev–Trinajstić information content (AvgIpc) is 3.24. The van der Waals surface area contributed by atoms with Crippen molar-refractivity contribution in [3.63, 3.8) is 0 Å². The number of nitrogens with zero attached hydrogens (tertiary/aromatic N) is 1. The molecular weight excluding hydrogens is 295 g/mol. The lowest BCUT2D eigenvalue weighted by molar-refractivity contribution is 0.0907. The number of aromatic nitrogens is 1. The van der Waals surface area contributed by atoms with Crippen molar-refractivity contribution < 1.29 is 14.3 Å². The molecule has 0 aliphatic heterocycles. The fourth-order valence-electron chi connectivity index (χ4n) is 2.77. The van der Waals surface area contributed by atoms with Gasteiger partial charge in [0.2, 0.25) is 0 Å². The summed E-state index contributed by atoms with van der Waals surface area (Å²) in [6.45, 7) is 1.86. The SMILES string of the molecule is CC(CC(O)c1ccc(F)cc1)NC(=O)c1cccn1C1CC1. The summed E-state index contributed by atoms with van der Waals surface area (Å²) in [5.41, 5.74) is 1.31. The van der Waals surface area contributed by atoms with Crippen molar-refractivity contribution in [2.75, 3.05) is 0 Å². The number of hydrogen-bond donors (Lipinski definition) is 2. The lowest BCUT2D eigenvalue weighted by atomic mass is 10.0. The fourth-order valence-corrected chi connectivity index (χ4v) is 2.77. The maximum absolute atomic E-state index is 12.9. The highest BCUT2D eigenvalue weighted by Crippen LogP contribution is 2.36. The van der Waals surface area contributed by atoms with E-state index in [-0.39, 0.29) is 17.8 Å². The molecule has 1 saturated carbocycles. The molecule has 0 radical (unpaired) electrons. The highest BCUT2D eigenvalue weighted by atomic mass is 19.1. The van der Waals surface area contributed by atoms with Gasteiger partial charge in [0, 0.05) is 18.3 Å². The van der Waals surface area contributed by atoms with Crippen LogP contribution < -0.4 is 5.32 Å². The molecule has 122 valence electrons. The van der Waals surface area contributed by atoms with Gasteiger partial charge in [-0.2, -0.15) is 0 Å². The van der Waals surface area contributed by atoms with Gasteiger partial charge in [-0.25, -0.2) is 4.39 Å². The third kappa shape index (κ3) is 3.79. The smallest absolute Gasteiger partial charge is 0.268 e. The van der Waals surface area contributed by atoms with Crippen molar-refractivity contribution in [1.29, 1.82) is 0 Å². The predicted octanol–water partition coefficient (Wildman–Crippen LogP) is 3.20. The Hall–Kier alpha value is -2.14. The molecule has 23 heavy (non-hydrogen) atoms. The Kier molecular flexibility index (Phi) is 4.48. The first-order valence-electron chi connectivity index (χ1n) is 7.96. The van der Waals surface area contributed by atoms with Crippen LogP contribution in [-0.2, 0) is 0 Å². The third-order valence-electron chi connectivity index (χ3n) is 4.16.